The molecule has 4 aromatic carbocycles. The van der Waals surface area contributed by atoms with Gasteiger partial charge in [-0.1, -0.05) is 60.2 Å². The van der Waals surface area contributed by atoms with E-state index in [1.807, 2.05) is 92.0 Å². The summed E-state index contributed by atoms with van der Waals surface area (Å²) in [6.07, 6.45) is 3.63. The van der Waals surface area contributed by atoms with E-state index < -0.39 is 0 Å². The van der Waals surface area contributed by atoms with Crippen molar-refractivity contribution in [1.29, 1.82) is 0 Å². The third-order valence-corrected chi connectivity index (χ3v) is 7.84. The van der Waals surface area contributed by atoms with Crippen LogP contribution in [0.15, 0.2) is 156 Å². The molecule has 0 amide bonds. The molecular weight excluding hydrogens is 767 g/mol. The Morgan fingerprint density at radius 1 is 0.542 bits per heavy atom. The molecule has 0 bridgehead atoms. The van der Waals surface area contributed by atoms with Gasteiger partial charge in [-0.25, -0.2) is 4.98 Å². The summed E-state index contributed by atoms with van der Waals surface area (Å²) in [6.45, 7) is 4.07. The van der Waals surface area contributed by atoms with Crippen molar-refractivity contribution in [3.05, 3.63) is 175 Å². The largest absolute Gasteiger partial charge is 0.454 e. The average molecular weight is 798 g/mol. The molecule has 0 unspecified atom stereocenters. The Hall–Kier alpha value is -5.48. The van der Waals surface area contributed by atoms with E-state index in [2.05, 4.69) is 94.7 Å². The van der Waals surface area contributed by atoms with E-state index in [0.29, 0.717) is 0 Å². The molecule has 1 radical (unpaired) electrons. The molecule has 4 nitrogen and oxygen atoms in total. The predicted octanol–water partition coefficient (Wildman–Crippen LogP) is 10.9. The maximum Gasteiger partial charge on any atom is 0.153 e. The van der Waals surface area contributed by atoms with Gasteiger partial charge in [-0.3, -0.25) is 0 Å². The van der Waals surface area contributed by atoms with Crippen LogP contribution >= 0.6 is 0 Å². The first kappa shape index (κ1) is 32.5. The van der Waals surface area contributed by atoms with Crippen LogP contribution in [-0.2, 0) is 20.1 Å². The van der Waals surface area contributed by atoms with Crippen LogP contribution in [0.5, 0.6) is 0 Å². The summed E-state index contributed by atoms with van der Waals surface area (Å²) in [5.41, 5.74) is 12.2. The first-order valence-electron chi connectivity index (χ1n) is 15.5. The minimum atomic E-state index is 0. The van der Waals surface area contributed by atoms with E-state index in [1.165, 1.54) is 5.56 Å². The molecule has 5 heteroatoms. The zero-order chi connectivity index (χ0) is 32.0. The second kappa shape index (κ2) is 15.0. The van der Waals surface area contributed by atoms with Crippen LogP contribution in [-0.4, -0.2) is 15.0 Å². The molecule has 0 aliphatic heterocycles. The van der Waals surface area contributed by atoms with Crippen LogP contribution in [0, 0.1) is 26.0 Å². The van der Waals surface area contributed by atoms with Gasteiger partial charge < -0.3 is 14.4 Å². The zero-order valence-electron chi connectivity index (χ0n) is 26.5. The number of benzene rings is 4. The molecule has 0 fully saturated rings. The van der Waals surface area contributed by atoms with Crippen LogP contribution in [0.2, 0.25) is 0 Å². The van der Waals surface area contributed by atoms with Crippen molar-refractivity contribution in [2.45, 2.75) is 13.8 Å². The van der Waals surface area contributed by atoms with Gasteiger partial charge in [0.05, 0.1) is 0 Å². The standard InChI is InChI=1S/C32H23N2O.C11H8N.Ir/c1-21-14-15-33-30(16-21)25-12-7-11-24(17-25)27-18-26-19-32(29-13-6-8-22(2)34-29)35-31(26)20-28(27)23-9-4-3-5-10-23;1-2-6-10(7-3-1)11-8-4-5-9-12-11;/h3-11,13-20H,1-2H3;1-6,8-9H;/q2*-1;. The van der Waals surface area contributed by atoms with Crippen LogP contribution in [0.3, 0.4) is 0 Å². The summed E-state index contributed by atoms with van der Waals surface area (Å²) < 4.78 is 6.29. The number of fused-ring (bicyclic) bond motifs is 1. The number of rotatable bonds is 5. The Bertz CT molecular complexity index is 2230. The molecule has 4 aromatic heterocycles. The van der Waals surface area contributed by atoms with Gasteiger partial charge in [0.25, 0.3) is 0 Å². The molecule has 0 saturated carbocycles. The van der Waals surface area contributed by atoms with Crippen molar-refractivity contribution in [2.24, 2.45) is 0 Å². The number of hydrogen-bond donors (Lipinski definition) is 0. The molecule has 0 spiro atoms. The molecule has 48 heavy (non-hydrogen) atoms. The Morgan fingerprint density at radius 3 is 2.08 bits per heavy atom. The fraction of sp³-hybridized carbons (Fsp3) is 0.0465. The summed E-state index contributed by atoms with van der Waals surface area (Å²) in [7, 11) is 0. The van der Waals surface area contributed by atoms with E-state index in [-0.39, 0.29) is 20.1 Å². The third kappa shape index (κ3) is 7.39. The van der Waals surface area contributed by atoms with Gasteiger partial charge in [0.1, 0.15) is 11.3 Å². The molecule has 0 aliphatic carbocycles. The second-order valence-corrected chi connectivity index (χ2v) is 11.3. The average Bonchev–Trinajstić information content (AvgIpc) is 3.56. The maximum atomic E-state index is 6.29. The van der Waals surface area contributed by atoms with Gasteiger partial charge in [0, 0.05) is 43.6 Å². The Labute approximate surface area is 294 Å². The van der Waals surface area contributed by atoms with Gasteiger partial charge in [-0.15, -0.1) is 71.3 Å². The predicted molar refractivity (Wildman–Crippen MR) is 190 cm³/mol. The zero-order valence-corrected chi connectivity index (χ0v) is 28.9. The van der Waals surface area contributed by atoms with Gasteiger partial charge in [0.2, 0.25) is 0 Å². The molecular formula is C43H31IrN3O-2. The smallest absolute Gasteiger partial charge is 0.153 e. The minimum Gasteiger partial charge on any atom is -0.454 e. The van der Waals surface area contributed by atoms with Gasteiger partial charge in [-0.2, -0.15) is 0 Å². The quantitative estimate of drug-likeness (QED) is 0.163. The van der Waals surface area contributed by atoms with E-state index in [1.54, 1.807) is 6.20 Å². The number of furan rings is 1. The molecule has 235 valence electrons. The van der Waals surface area contributed by atoms with E-state index in [9.17, 15) is 0 Å². The Kier molecular flexibility index (Phi) is 10.1. The van der Waals surface area contributed by atoms with E-state index >= 15 is 0 Å². The van der Waals surface area contributed by atoms with Crippen LogP contribution < -0.4 is 0 Å². The summed E-state index contributed by atoms with van der Waals surface area (Å²) >= 11 is 0. The second-order valence-electron chi connectivity index (χ2n) is 11.3. The summed E-state index contributed by atoms with van der Waals surface area (Å²) in [4.78, 5) is 13.4. The minimum absolute atomic E-state index is 0. The number of aromatic nitrogens is 3. The first-order chi connectivity index (χ1) is 23.1. The van der Waals surface area contributed by atoms with Crippen molar-refractivity contribution in [3.8, 4) is 56.2 Å². The number of hydrogen-bond acceptors (Lipinski definition) is 4. The molecule has 0 N–H and O–H groups in total. The van der Waals surface area contributed by atoms with Crippen molar-refractivity contribution < 1.29 is 24.5 Å². The van der Waals surface area contributed by atoms with Crippen molar-refractivity contribution in [3.63, 3.8) is 0 Å². The molecule has 8 aromatic rings. The van der Waals surface area contributed by atoms with Crippen molar-refractivity contribution in [2.75, 3.05) is 0 Å². The normalized spacial score (nSPS) is 10.5. The van der Waals surface area contributed by atoms with E-state index in [4.69, 9.17) is 4.42 Å². The van der Waals surface area contributed by atoms with Crippen molar-refractivity contribution >= 4 is 11.0 Å². The number of pyridine rings is 3. The topological polar surface area (TPSA) is 51.8 Å². The number of nitrogens with zero attached hydrogens (tertiary/aromatic N) is 3. The fourth-order valence-electron chi connectivity index (χ4n) is 5.53. The van der Waals surface area contributed by atoms with Gasteiger partial charge >= 0.3 is 0 Å². The van der Waals surface area contributed by atoms with Gasteiger partial charge in [-0.05, 0) is 84.4 Å². The maximum absolute atomic E-state index is 6.29. The summed E-state index contributed by atoms with van der Waals surface area (Å²) in [5.74, 6) is 0.769. The Balaban J connectivity index is 0.000000260. The molecule has 0 atom stereocenters. The van der Waals surface area contributed by atoms with Crippen LogP contribution in [0.25, 0.3) is 67.2 Å². The Morgan fingerprint density at radius 2 is 1.31 bits per heavy atom. The molecule has 0 saturated heterocycles. The molecule has 8 rings (SSSR count). The SMILES string of the molecule is Cc1ccnc(-c2[c-]ccc(-c3cc4cc(-c5cccc(C)n5)oc4cc3-c3ccccc3)c2)c1.[Ir].[c-]1ccccc1-c1ccccn1. The monoisotopic (exact) mass is 798 g/mol. The summed E-state index contributed by atoms with van der Waals surface area (Å²) in [6, 6.07) is 53.4. The van der Waals surface area contributed by atoms with Gasteiger partial charge in [0.15, 0.2) is 5.76 Å². The first-order valence-corrected chi connectivity index (χ1v) is 15.5. The fourth-order valence-corrected chi connectivity index (χ4v) is 5.53. The molecule has 4 heterocycles. The third-order valence-electron chi connectivity index (χ3n) is 7.84. The molecule has 0 aliphatic rings. The van der Waals surface area contributed by atoms with Crippen molar-refractivity contribution in [1.82, 2.24) is 15.0 Å². The van der Waals surface area contributed by atoms with E-state index in [0.717, 1.165) is 72.9 Å². The van der Waals surface area contributed by atoms with Crippen LogP contribution in [0.1, 0.15) is 11.3 Å². The summed E-state index contributed by atoms with van der Waals surface area (Å²) in [5, 5.41) is 1.04. The number of aryl methyl sites for hydroxylation is 2. The van der Waals surface area contributed by atoms with Crippen LogP contribution in [0.4, 0.5) is 0 Å².